The summed E-state index contributed by atoms with van der Waals surface area (Å²) in [4.78, 5) is 29.5. The van der Waals surface area contributed by atoms with Crippen LogP contribution in [0.1, 0.15) is 35.9 Å². The van der Waals surface area contributed by atoms with Gasteiger partial charge in [0.05, 0.1) is 17.5 Å². The van der Waals surface area contributed by atoms with Gasteiger partial charge in [-0.1, -0.05) is 18.2 Å². The number of anilines is 3. The number of hydrogen-bond donors (Lipinski definition) is 3. The first-order valence-corrected chi connectivity index (χ1v) is 10.3. The molecule has 2 aromatic heterocycles. The maximum absolute atomic E-state index is 12.8. The highest BCUT2D eigenvalue weighted by Crippen LogP contribution is 2.21. The van der Waals surface area contributed by atoms with E-state index >= 15 is 0 Å². The molecule has 8 heteroatoms. The maximum atomic E-state index is 12.8. The molecular weight excluding hydrogens is 404 g/mol. The second-order valence-electron chi connectivity index (χ2n) is 7.69. The monoisotopic (exact) mass is 428 g/mol. The van der Waals surface area contributed by atoms with Crippen LogP contribution in [-0.2, 0) is 0 Å². The molecule has 32 heavy (non-hydrogen) atoms. The molecule has 0 bridgehead atoms. The zero-order valence-electron chi connectivity index (χ0n) is 18.1. The summed E-state index contributed by atoms with van der Waals surface area (Å²) in [5, 5.41) is 13.6. The molecule has 162 valence electrons. The average Bonchev–Trinajstić information content (AvgIpc) is 3.18. The second-order valence-corrected chi connectivity index (χ2v) is 7.69. The highest BCUT2D eigenvalue weighted by Gasteiger charge is 2.15. The van der Waals surface area contributed by atoms with Crippen molar-refractivity contribution in [1.82, 2.24) is 14.8 Å². The van der Waals surface area contributed by atoms with Gasteiger partial charge in [-0.3, -0.25) is 4.79 Å². The molecule has 0 saturated heterocycles. The Hall–Kier alpha value is -4.20. The van der Waals surface area contributed by atoms with Crippen LogP contribution in [0.15, 0.2) is 66.9 Å². The normalized spacial score (nSPS) is 10.9. The van der Waals surface area contributed by atoms with Crippen molar-refractivity contribution in [1.29, 1.82) is 0 Å². The minimum absolute atomic E-state index is 0.181. The Kier molecular flexibility index (Phi) is 5.85. The lowest BCUT2D eigenvalue weighted by atomic mass is 10.1. The number of aryl methyl sites for hydroxylation is 1. The molecule has 2 aromatic carbocycles. The highest BCUT2D eigenvalue weighted by atomic mass is 16.2. The molecule has 0 fully saturated rings. The van der Waals surface area contributed by atoms with E-state index in [1.807, 2.05) is 49.7 Å². The Labute approximate surface area is 185 Å². The van der Waals surface area contributed by atoms with Gasteiger partial charge in [0.15, 0.2) is 5.65 Å². The summed E-state index contributed by atoms with van der Waals surface area (Å²) in [6, 6.07) is 17.7. The van der Waals surface area contributed by atoms with Gasteiger partial charge in [0, 0.05) is 28.5 Å². The number of pyridine rings is 1. The van der Waals surface area contributed by atoms with Gasteiger partial charge in [-0.2, -0.15) is 5.10 Å². The SMILES string of the molecule is Cc1nc2c(cnn2C(C)C)cc1C(=O)Nc1ccc(NC(=O)Nc2ccccc2)cc1. The van der Waals surface area contributed by atoms with Crippen molar-refractivity contribution in [2.45, 2.75) is 26.8 Å². The largest absolute Gasteiger partial charge is 0.323 e. The maximum Gasteiger partial charge on any atom is 0.323 e. The predicted molar refractivity (Wildman–Crippen MR) is 126 cm³/mol. The molecule has 0 spiro atoms. The Morgan fingerprint density at radius 2 is 1.47 bits per heavy atom. The fourth-order valence-electron chi connectivity index (χ4n) is 3.32. The van der Waals surface area contributed by atoms with E-state index < -0.39 is 0 Å². The van der Waals surface area contributed by atoms with Gasteiger partial charge in [-0.25, -0.2) is 14.5 Å². The van der Waals surface area contributed by atoms with E-state index in [1.54, 1.807) is 42.6 Å². The fraction of sp³-hybridized carbons (Fsp3) is 0.167. The number of fused-ring (bicyclic) bond motifs is 1. The molecule has 2 heterocycles. The Morgan fingerprint density at radius 3 is 2.09 bits per heavy atom. The minimum atomic E-state index is -0.343. The molecule has 4 aromatic rings. The van der Waals surface area contributed by atoms with Crippen LogP contribution in [0.2, 0.25) is 0 Å². The minimum Gasteiger partial charge on any atom is -0.322 e. The molecule has 4 rings (SSSR count). The van der Waals surface area contributed by atoms with Crippen molar-refractivity contribution in [2.24, 2.45) is 0 Å². The van der Waals surface area contributed by atoms with Gasteiger partial charge in [0.2, 0.25) is 0 Å². The lowest BCUT2D eigenvalue weighted by Crippen LogP contribution is -2.19. The third kappa shape index (κ3) is 4.59. The van der Waals surface area contributed by atoms with Crippen LogP contribution in [0.4, 0.5) is 21.9 Å². The zero-order chi connectivity index (χ0) is 22.7. The fourth-order valence-corrected chi connectivity index (χ4v) is 3.32. The van der Waals surface area contributed by atoms with E-state index in [0.717, 1.165) is 11.0 Å². The average molecular weight is 428 g/mol. The number of nitrogens with one attached hydrogen (secondary N) is 3. The molecule has 0 radical (unpaired) electrons. The van der Waals surface area contributed by atoms with Crippen LogP contribution in [0.3, 0.4) is 0 Å². The van der Waals surface area contributed by atoms with E-state index in [2.05, 4.69) is 26.0 Å². The third-order valence-electron chi connectivity index (χ3n) is 4.93. The van der Waals surface area contributed by atoms with Crippen molar-refractivity contribution in [2.75, 3.05) is 16.0 Å². The Balaban J connectivity index is 1.42. The van der Waals surface area contributed by atoms with Crippen LogP contribution >= 0.6 is 0 Å². The predicted octanol–water partition coefficient (Wildman–Crippen LogP) is 5.22. The van der Waals surface area contributed by atoms with Crippen molar-refractivity contribution >= 4 is 40.0 Å². The van der Waals surface area contributed by atoms with Gasteiger partial charge in [0.1, 0.15) is 0 Å². The summed E-state index contributed by atoms with van der Waals surface area (Å²) in [5.41, 5.74) is 3.81. The summed E-state index contributed by atoms with van der Waals surface area (Å²) in [6.45, 7) is 5.88. The lowest BCUT2D eigenvalue weighted by molar-refractivity contribution is 0.102. The van der Waals surface area contributed by atoms with E-state index in [-0.39, 0.29) is 18.0 Å². The van der Waals surface area contributed by atoms with Gasteiger partial charge in [-0.15, -0.1) is 0 Å². The topological polar surface area (TPSA) is 101 Å². The molecule has 0 atom stereocenters. The number of para-hydroxylation sites is 1. The molecule has 0 unspecified atom stereocenters. The number of aromatic nitrogens is 3. The summed E-state index contributed by atoms with van der Waals surface area (Å²) >= 11 is 0. The van der Waals surface area contributed by atoms with Crippen LogP contribution in [-0.4, -0.2) is 26.7 Å². The Bertz CT molecular complexity index is 1260. The smallest absolute Gasteiger partial charge is 0.322 e. The van der Waals surface area contributed by atoms with Crippen LogP contribution in [0.5, 0.6) is 0 Å². The Morgan fingerprint density at radius 1 is 0.875 bits per heavy atom. The van der Waals surface area contributed by atoms with Crippen molar-refractivity contribution < 1.29 is 9.59 Å². The molecule has 3 amide bonds. The number of carbonyl (C=O) groups is 2. The first kappa shape index (κ1) is 21.0. The highest BCUT2D eigenvalue weighted by molar-refractivity contribution is 6.07. The first-order chi connectivity index (χ1) is 15.4. The molecule has 0 aliphatic rings. The van der Waals surface area contributed by atoms with Crippen molar-refractivity contribution in [3.8, 4) is 0 Å². The van der Waals surface area contributed by atoms with Crippen LogP contribution in [0.25, 0.3) is 11.0 Å². The van der Waals surface area contributed by atoms with E-state index in [9.17, 15) is 9.59 Å². The summed E-state index contributed by atoms with van der Waals surface area (Å²) < 4.78 is 1.84. The summed E-state index contributed by atoms with van der Waals surface area (Å²) in [5.74, 6) is -0.253. The van der Waals surface area contributed by atoms with Crippen LogP contribution < -0.4 is 16.0 Å². The number of nitrogens with zero attached hydrogens (tertiary/aromatic N) is 3. The molecule has 0 aliphatic heterocycles. The molecular formula is C24H24N6O2. The van der Waals surface area contributed by atoms with Crippen molar-refractivity contribution in [3.05, 3.63) is 78.1 Å². The summed E-state index contributed by atoms with van der Waals surface area (Å²) in [6.07, 6.45) is 1.72. The molecule has 0 aliphatic carbocycles. The third-order valence-corrected chi connectivity index (χ3v) is 4.93. The number of amides is 3. The number of urea groups is 1. The summed E-state index contributed by atoms with van der Waals surface area (Å²) in [7, 11) is 0. The van der Waals surface area contributed by atoms with E-state index in [1.165, 1.54) is 0 Å². The zero-order valence-corrected chi connectivity index (χ0v) is 18.1. The second kappa shape index (κ2) is 8.89. The van der Waals surface area contributed by atoms with Crippen molar-refractivity contribution in [3.63, 3.8) is 0 Å². The standard InChI is InChI=1S/C24H24N6O2/c1-15(2)30-22-17(14-25-30)13-21(16(3)26-22)23(31)27-19-9-11-20(12-10-19)29-24(32)28-18-7-5-4-6-8-18/h4-15H,1-3H3,(H,27,31)(H2,28,29,32). The van der Waals surface area contributed by atoms with Crippen LogP contribution in [0, 0.1) is 6.92 Å². The lowest BCUT2D eigenvalue weighted by Gasteiger charge is -2.11. The van der Waals surface area contributed by atoms with Gasteiger partial charge < -0.3 is 16.0 Å². The molecule has 8 nitrogen and oxygen atoms in total. The first-order valence-electron chi connectivity index (χ1n) is 10.3. The van der Waals surface area contributed by atoms with Gasteiger partial charge in [-0.05, 0) is 63.2 Å². The van der Waals surface area contributed by atoms with Gasteiger partial charge >= 0.3 is 6.03 Å². The molecule has 3 N–H and O–H groups in total. The van der Waals surface area contributed by atoms with Gasteiger partial charge in [0.25, 0.3) is 5.91 Å². The number of hydrogen-bond acceptors (Lipinski definition) is 4. The van der Waals surface area contributed by atoms with E-state index in [4.69, 9.17) is 0 Å². The number of carbonyl (C=O) groups excluding carboxylic acids is 2. The van der Waals surface area contributed by atoms with E-state index in [0.29, 0.717) is 28.3 Å². The molecule has 0 saturated carbocycles. The number of benzene rings is 2. The quantitative estimate of drug-likeness (QED) is 0.406. The number of rotatable bonds is 5.